The van der Waals surface area contributed by atoms with Crippen molar-refractivity contribution in [3.63, 3.8) is 0 Å². The number of hydrogen-bond donors (Lipinski definition) is 1. The summed E-state index contributed by atoms with van der Waals surface area (Å²) in [7, 11) is 0. The van der Waals surface area contributed by atoms with Gasteiger partial charge in [0.25, 0.3) is 0 Å². The van der Waals surface area contributed by atoms with Crippen LogP contribution in [0.3, 0.4) is 0 Å². The molecule has 80 valence electrons. The molecular formula is C12H22N2. The van der Waals surface area contributed by atoms with Crippen LogP contribution in [0.5, 0.6) is 0 Å². The minimum Gasteiger partial charge on any atom is -0.330 e. The van der Waals surface area contributed by atoms with E-state index >= 15 is 0 Å². The third kappa shape index (κ3) is 1.49. The van der Waals surface area contributed by atoms with Crippen molar-refractivity contribution in [3.05, 3.63) is 0 Å². The first-order chi connectivity index (χ1) is 6.88. The highest BCUT2D eigenvalue weighted by molar-refractivity contribution is 4.99. The van der Waals surface area contributed by atoms with E-state index in [9.17, 15) is 0 Å². The predicted octanol–water partition coefficient (Wildman–Crippen LogP) is 1.74. The molecule has 3 fully saturated rings. The SMILES string of the molecule is NCC1C[C@H]2CCC[C@@H](C1)N2C1CC1. The summed E-state index contributed by atoms with van der Waals surface area (Å²) >= 11 is 0. The minimum atomic E-state index is 0.834. The third-order valence-corrected chi connectivity index (χ3v) is 4.43. The number of hydrogen-bond acceptors (Lipinski definition) is 2. The number of fused-ring (bicyclic) bond motifs is 2. The van der Waals surface area contributed by atoms with Crippen molar-refractivity contribution in [1.29, 1.82) is 0 Å². The van der Waals surface area contributed by atoms with Crippen LogP contribution in [0.1, 0.15) is 44.9 Å². The van der Waals surface area contributed by atoms with Crippen molar-refractivity contribution in [2.24, 2.45) is 11.7 Å². The lowest BCUT2D eigenvalue weighted by atomic mass is 9.78. The number of rotatable bonds is 2. The van der Waals surface area contributed by atoms with Gasteiger partial charge in [0.1, 0.15) is 0 Å². The summed E-state index contributed by atoms with van der Waals surface area (Å²) in [5.41, 5.74) is 5.83. The summed E-state index contributed by atoms with van der Waals surface area (Å²) in [4.78, 5) is 2.87. The Hall–Kier alpha value is -0.0800. The Bertz CT molecular complexity index is 198. The first-order valence-corrected chi connectivity index (χ1v) is 6.36. The maximum Gasteiger partial charge on any atom is 0.0104 e. The molecule has 3 atom stereocenters. The molecule has 2 heterocycles. The molecule has 2 N–H and O–H groups in total. The van der Waals surface area contributed by atoms with E-state index in [1.165, 1.54) is 44.9 Å². The second-order valence-corrected chi connectivity index (χ2v) is 5.49. The van der Waals surface area contributed by atoms with Gasteiger partial charge >= 0.3 is 0 Å². The van der Waals surface area contributed by atoms with E-state index in [1.54, 1.807) is 0 Å². The topological polar surface area (TPSA) is 29.3 Å². The van der Waals surface area contributed by atoms with Gasteiger partial charge in [-0.1, -0.05) is 6.42 Å². The standard InChI is InChI=1S/C12H22N2/c13-8-9-6-11-2-1-3-12(7-9)14(11)10-4-5-10/h9-12H,1-8,13H2/t9?,11-,12+. The van der Waals surface area contributed by atoms with Gasteiger partial charge in [-0.05, 0) is 51.0 Å². The fraction of sp³-hybridized carbons (Fsp3) is 1.00. The second kappa shape index (κ2) is 3.49. The van der Waals surface area contributed by atoms with E-state index in [-0.39, 0.29) is 0 Å². The van der Waals surface area contributed by atoms with Crippen LogP contribution in [-0.2, 0) is 0 Å². The van der Waals surface area contributed by atoms with Gasteiger partial charge in [-0.15, -0.1) is 0 Å². The van der Waals surface area contributed by atoms with Gasteiger partial charge in [0.15, 0.2) is 0 Å². The molecule has 0 aromatic carbocycles. The lowest BCUT2D eigenvalue weighted by molar-refractivity contribution is 0.00869. The zero-order chi connectivity index (χ0) is 9.54. The molecule has 2 saturated heterocycles. The smallest absolute Gasteiger partial charge is 0.0104 e. The van der Waals surface area contributed by atoms with Crippen molar-refractivity contribution in [2.75, 3.05) is 6.54 Å². The molecule has 2 aliphatic heterocycles. The molecule has 14 heavy (non-hydrogen) atoms. The highest BCUT2D eigenvalue weighted by Gasteiger charge is 2.44. The summed E-state index contributed by atoms with van der Waals surface area (Å²) in [6.07, 6.45) is 10.1. The lowest BCUT2D eigenvalue weighted by Gasteiger charge is -2.49. The van der Waals surface area contributed by atoms with Crippen LogP contribution in [0.4, 0.5) is 0 Å². The average molecular weight is 194 g/mol. The Morgan fingerprint density at radius 3 is 2.07 bits per heavy atom. The Kier molecular flexibility index (Phi) is 2.29. The summed E-state index contributed by atoms with van der Waals surface area (Å²) in [6.45, 7) is 0.922. The summed E-state index contributed by atoms with van der Waals surface area (Å²) in [6, 6.07) is 2.79. The first kappa shape index (κ1) is 9.17. The molecule has 0 aromatic heterocycles. The van der Waals surface area contributed by atoms with E-state index in [1.807, 2.05) is 0 Å². The fourth-order valence-corrected chi connectivity index (χ4v) is 3.69. The Morgan fingerprint density at radius 2 is 1.57 bits per heavy atom. The fourth-order valence-electron chi connectivity index (χ4n) is 3.69. The van der Waals surface area contributed by atoms with Crippen LogP contribution in [-0.4, -0.2) is 29.6 Å². The van der Waals surface area contributed by atoms with Crippen LogP contribution in [0.25, 0.3) is 0 Å². The zero-order valence-electron chi connectivity index (χ0n) is 8.99. The normalized spacial score (nSPS) is 43.9. The van der Waals surface area contributed by atoms with Gasteiger partial charge in [-0.2, -0.15) is 0 Å². The monoisotopic (exact) mass is 194 g/mol. The van der Waals surface area contributed by atoms with Crippen LogP contribution in [0.2, 0.25) is 0 Å². The predicted molar refractivity (Wildman–Crippen MR) is 58.1 cm³/mol. The molecule has 0 amide bonds. The van der Waals surface area contributed by atoms with Gasteiger partial charge in [0.05, 0.1) is 0 Å². The van der Waals surface area contributed by atoms with Crippen molar-refractivity contribution in [3.8, 4) is 0 Å². The Labute approximate surface area is 86.8 Å². The maximum atomic E-state index is 5.83. The van der Waals surface area contributed by atoms with Crippen LogP contribution in [0.15, 0.2) is 0 Å². The molecule has 1 unspecified atom stereocenters. The van der Waals surface area contributed by atoms with Gasteiger partial charge in [0.2, 0.25) is 0 Å². The lowest BCUT2D eigenvalue weighted by Crippen LogP contribution is -2.53. The molecule has 0 spiro atoms. The molecule has 3 rings (SSSR count). The molecule has 2 nitrogen and oxygen atoms in total. The minimum absolute atomic E-state index is 0.834. The summed E-state index contributed by atoms with van der Waals surface area (Å²) < 4.78 is 0. The van der Waals surface area contributed by atoms with E-state index in [2.05, 4.69) is 4.90 Å². The molecular weight excluding hydrogens is 172 g/mol. The van der Waals surface area contributed by atoms with Gasteiger partial charge in [-0.25, -0.2) is 0 Å². The maximum absolute atomic E-state index is 5.83. The van der Waals surface area contributed by atoms with Crippen LogP contribution >= 0.6 is 0 Å². The van der Waals surface area contributed by atoms with E-state index in [0.717, 1.165) is 30.6 Å². The molecule has 1 aliphatic carbocycles. The van der Waals surface area contributed by atoms with Crippen molar-refractivity contribution in [2.45, 2.75) is 63.1 Å². The molecule has 2 heteroatoms. The number of nitrogens with zero attached hydrogens (tertiary/aromatic N) is 1. The molecule has 3 aliphatic rings. The molecule has 2 bridgehead atoms. The van der Waals surface area contributed by atoms with Crippen LogP contribution < -0.4 is 5.73 Å². The summed E-state index contributed by atoms with van der Waals surface area (Å²) in [5.74, 6) is 0.834. The third-order valence-electron chi connectivity index (χ3n) is 4.43. The second-order valence-electron chi connectivity index (χ2n) is 5.49. The highest BCUT2D eigenvalue weighted by atomic mass is 15.3. The van der Waals surface area contributed by atoms with Crippen LogP contribution in [0, 0.1) is 5.92 Å². The Morgan fingerprint density at radius 1 is 0.929 bits per heavy atom. The first-order valence-electron chi connectivity index (χ1n) is 6.36. The van der Waals surface area contributed by atoms with E-state index < -0.39 is 0 Å². The highest BCUT2D eigenvalue weighted by Crippen LogP contribution is 2.43. The van der Waals surface area contributed by atoms with Crippen molar-refractivity contribution < 1.29 is 0 Å². The van der Waals surface area contributed by atoms with E-state index in [4.69, 9.17) is 5.73 Å². The summed E-state index contributed by atoms with van der Waals surface area (Å²) in [5, 5.41) is 0. The van der Waals surface area contributed by atoms with Gasteiger partial charge in [0, 0.05) is 18.1 Å². The largest absolute Gasteiger partial charge is 0.330 e. The molecule has 0 radical (unpaired) electrons. The van der Waals surface area contributed by atoms with E-state index in [0.29, 0.717) is 0 Å². The van der Waals surface area contributed by atoms with Crippen molar-refractivity contribution >= 4 is 0 Å². The molecule has 0 aromatic rings. The van der Waals surface area contributed by atoms with Gasteiger partial charge < -0.3 is 5.73 Å². The Balaban J connectivity index is 1.74. The van der Waals surface area contributed by atoms with Gasteiger partial charge in [-0.3, -0.25) is 4.90 Å². The number of nitrogens with two attached hydrogens (primary N) is 1. The van der Waals surface area contributed by atoms with Crippen molar-refractivity contribution in [1.82, 2.24) is 4.90 Å². The zero-order valence-corrected chi connectivity index (χ0v) is 8.99. The quantitative estimate of drug-likeness (QED) is 0.725. The number of piperidine rings is 2. The average Bonchev–Trinajstić information content (AvgIpc) is 2.99. The molecule has 1 saturated carbocycles.